The molecule has 1 unspecified atom stereocenters. The molecule has 1 atom stereocenters. The van der Waals surface area contributed by atoms with Crippen LogP contribution in [0.3, 0.4) is 0 Å². The van der Waals surface area contributed by atoms with E-state index >= 15 is 0 Å². The first-order valence-corrected chi connectivity index (χ1v) is 9.41. The van der Waals surface area contributed by atoms with Gasteiger partial charge in [-0.1, -0.05) is 29.8 Å². The molecule has 1 N–H and O–H groups in total. The minimum absolute atomic E-state index is 0.0194. The first-order valence-electron chi connectivity index (χ1n) is 8.15. The second-order valence-corrected chi connectivity index (χ2v) is 7.62. The van der Waals surface area contributed by atoms with Crippen LogP contribution in [0.4, 0.5) is 18.9 Å². The zero-order valence-electron chi connectivity index (χ0n) is 14.7. The van der Waals surface area contributed by atoms with Crippen LogP contribution in [0, 0.1) is 0 Å². The maximum absolute atomic E-state index is 13.2. The number of nitrogens with zero attached hydrogens (tertiary/aromatic N) is 2. The van der Waals surface area contributed by atoms with E-state index < -0.39 is 34.5 Å². The predicted molar refractivity (Wildman–Crippen MR) is 97.9 cm³/mol. The smallest absolute Gasteiger partial charge is 0.418 e. The Kier molecular flexibility index (Phi) is 6.04. The lowest BCUT2D eigenvalue weighted by Gasteiger charge is -2.16. The molecule has 3 rings (SSSR count). The number of anilines is 1. The number of hydrogen-bond donors (Lipinski definition) is 1. The summed E-state index contributed by atoms with van der Waals surface area (Å²) in [4.78, 5) is 12.5. The van der Waals surface area contributed by atoms with Gasteiger partial charge in [-0.2, -0.15) is 13.2 Å². The van der Waals surface area contributed by atoms with Crippen molar-refractivity contribution in [2.75, 3.05) is 5.32 Å². The third-order valence-electron chi connectivity index (χ3n) is 3.78. The third-order valence-corrected chi connectivity index (χ3v) is 5.14. The van der Waals surface area contributed by atoms with Crippen LogP contribution in [-0.2, 0) is 11.0 Å². The van der Waals surface area contributed by atoms with Gasteiger partial charge in [-0.15, -0.1) is 0 Å². The van der Waals surface area contributed by atoms with Crippen molar-refractivity contribution in [1.82, 2.24) is 5.27 Å². The summed E-state index contributed by atoms with van der Waals surface area (Å²) in [6, 6.07) is 11.6. The Morgan fingerprint density at radius 2 is 1.97 bits per heavy atom. The van der Waals surface area contributed by atoms with Crippen LogP contribution in [0.1, 0.15) is 12.5 Å². The van der Waals surface area contributed by atoms with Crippen LogP contribution in [0.5, 0.6) is 5.95 Å². The minimum atomic E-state index is -4.70. The predicted octanol–water partition coefficient (Wildman–Crippen LogP) is 3.82. The molecule has 0 aliphatic rings. The molecule has 0 aliphatic heterocycles. The van der Waals surface area contributed by atoms with Gasteiger partial charge in [0.15, 0.2) is 5.95 Å². The molecule has 0 fully saturated rings. The molecule has 29 heavy (non-hydrogen) atoms. The molecular formula is C18H13ClF3N3O3S. The van der Waals surface area contributed by atoms with E-state index in [0.29, 0.717) is 5.69 Å². The van der Waals surface area contributed by atoms with E-state index in [1.54, 1.807) is 30.3 Å². The average molecular weight is 444 g/mol. The van der Waals surface area contributed by atoms with Crippen molar-refractivity contribution in [3.63, 3.8) is 0 Å². The van der Waals surface area contributed by atoms with Crippen molar-refractivity contribution in [3.8, 4) is 11.6 Å². The minimum Gasteiger partial charge on any atom is -0.538 e. The van der Waals surface area contributed by atoms with Crippen LogP contribution in [0.15, 0.2) is 58.1 Å². The lowest BCUT2D eigenvalue weighted by molar-refractivity contribution is -0.705. The highest BCUT2D eigenvalue weighted by atomic mass is 35.5. The molecule has 0 saturated heterocycles. The Bertz CT molecular complexity index is 1030. The zero-order valence-corrected chi connectivity index (χ0v) is 16.3. The van der Waals surface area contributed by atoms with E-state index in [1.807, 2.05) is 0 Å². The summed E-state index contributed by atoms with van der Waals surface area (Å²) in [5.74, 6) is -1.50. The van der Waals surface area contributed by atoms with E-state index in [9.17, 15) is 23.1 Å². The first kappa shape index (κ1) is 21.0. The highest BCUT2D eigenvalue weighted by Gasteiger charge is 2.35. The van der Waals surface area contributed by atoms with Crippen LogP contribution in [-0.4, -0.2) is 16.4 Å². The second kappa shape index (κ2) is 8.34. The van der Waals surface area contributed by atoms with E-state index in [4.69, 9.17) is 11.6 Å². The molecule has 0 spiro atoms. The molecule has 11 heteroatoms. The molecule has 0 bridgehead atoms. The molecule has 2 aromatic carbocycles. The summed E-state index contributed by atoms with van der Waals surface area (Å²) in [5.41, 5.74) is -0.960. The van der Waals surface area contributed by atoms with Crippen molar-refractivity contribution in [1.29, 1.82) is 0 Å². The zero-order chi connectivity index (χ0) is 21.2. The molecule has 3 aromatic rings. The number of thioether (sulfide) groups is 1. The van der Waals surface area contributed by atoms with E-state index in [-0.39, 0.29) is 10.0 Å². The number of carbonyl (C=O) groups excluding carboxylic acids is 1. The summed E-state index contributed by atoms with van der Waals surface area (Å²) < 4.78 is 45.5. The van der Waals surface area contributed by atoms with E-state index in [0.717, 1.165) is 23.9 Å². The fraction of sp³-hybridized carbons (Fsp3) is 0.167. The van der Waals surface area contributed by atoms with Crippen LogP contribution >= 0.6 is 23.4 Å². The molecule has 1 heterocycles. The van der Waals surface area contributed by atoms with Gasteiger partial charge in [-0.3, -0.25) is 4.79 Å². The number of benzene rings is 2. The number of halogens is 4. The van der Waals surface area contributed by atoms with Gasteiger partial charge in [-0.25, -0.2) is 0 Å². The average Bonchev–Trinajstić information content (AvgIpc) is 3.03. The topological polar surface area (TPSA) is 82.1 Å². The molecule has 0 radical (unpaired) electrons. The SMILES string of the molecule is CC(Sc1c([O-])on[n+]1-c1ccccc1)C(=O)Nc1ccc(Cl)cc1C(F)(F)F. The Balaban J connectivity index is 1.81. The van der Waals surface area contributed by atoms with Gasteiger partial charge in [0.1, 0.15) is 0 Å². The van der Waals surface area contributed by atoms with Crippen LogP contribution in [0.2, 0.25) is 5.02 Å². The number of para-hydroxylation sites is 1. The maximum atomic E-state index is 13.2. The number of rotatable bonds is 5. The molecule has 1 aromatic heterocycles. The van der Waals surface area contributed by atoms with Gasteiger partial charge in [0.2, 0.25) is 11.6 Å². The highest BCUT2D eigenvalue weighted by molar-refractivity contribution is 8.00. The summed E-state index contributed by atoms with van der Waals surface area (Å²) in [6.07, 6.45) is -4.70. The summed E-state index contributed by atoms with van der Waals surface area (Å²) in [5, 5.41) is 16.9. The number of aromatic nitrogens is 2. The maximum Gasteiger partial charge on any atom is 0.418 e. The number of nitrogens with one attached hydrogen (secondary N) is 1. The second-order valence-electron chi connectivity index (χ2n) is 5.85. The molecule has 1 amide bonds. The third kappa shape index (κ3) is 4.83. The van der Waals surface area contributed by atoms with Crippen molar-refractivity contribution in [3.05, 3.63) is 59.1 Å². The number of carbonyl (C=O) groups is 1. The van der Waals surface area contributed by atoms with Crippen molar-refractivity contribution >= 4 is 35.0 Å². The fourth-order valence-electron chi connectivity index (χ4n) is 2.39. The Morgan fingerprint density at radius 3 is 2.62 bits per heavy atom. The molecular weight excluding hydrogens is 431 g/mol. The van der Waals surface area contributed by atoms with Gasteiger partial charge in [-0.05, 0) is 41.6 Å². The van der Waals surface area contributed by atoms with Crippen LogP contribution < -0.4 is 15.1 Å². The summed E-state index contributed by atoms with van der Waals surface area (Å²) in [7, 11) is 0. The fourth-order valence-corrected chi connectivity index (χ4v) is 3.43. The Hall–Kier alpha value is -2.72. The normalized spacial score (nSPS) is 12.6. The van der Waals surface area contributed by atoms with Crippen molar-refractivity contribution in [2.24, 2.45) is 0 Å². The summed E-state index contributed by atoms with van der Waals surface area (Å²) >= 11 is 6.46. The van der Waals surface area contributed by atoms with Crippen molar-refractivity contribution < 1.29 is 32.3 Å². The quantitative estimate of drug-likeness (QED) is 0.479. The Labute approximate surface area is 172 Å². The van der Waals surface area contributed by atoms with Gasteiger partial charge < -0.3 is 14.9 Å². The molecule has 0 aliphatic carbocycles. The Morgan fingerprint density at radius 1 is 1.28 bits per heavy atom. The highest BCUT2D eigenvalue weighted by Crippen LogP contribution is 2.37. The molecule has 152 valence electrons. The number of alkyl halides is 3. The van der Waals surface area contributed by atoms with Gasteiger partial charge in [0.05, 0.1) is 21.8 Å². The lowest BCUT2D eigenvalue weighted by atomic mass is 10.1. The number of hydrogen-bond acceptors (Lipinski definition) is 5. The van der Waals surface area contributed by atoms with Crippen LogP contribution in [0.25, 0.3) is 5.69 Å². The number of amides is 1. The van der Waals surface area contributed by atoms with E-state index in [1.165, 1.54) is 17.7 Å². The van der Waals surface area contributed by atoms with Gasteiger partial charge >= 0.3 is 6.18 Å². The largest absolute Gasteiger partial charge is 0.538 e. The van der Waals surface area contributed by atoms with E-state index in [2.05, 4.69) is 15.1 Å². The lowest BCUT2D eigenvalue weighted by Crippen LogP contribution is -2.36. The first-order chi connectivity index (χ1) is 13.7. The van der Waals surface area contributed by atoms with Crippen molar-refractivity contribution in [2.45, 2.75) is 23.4 Å². The summed E-state index contributed by atoms with van der Waals surface area (Å²) in [6.45, 7) is 1.45. The van der Waals surface area contributed by atoms with Gasteiger partial charge in [0.25, 0.3) is 5.03 Å². The standard InChI is InChI=1S/C18H13ClF3N3O3S/c1-10(15(26)23-14-8-7-11(19)9-13(14)18(20,21)22)29-16-17(27)28-24-25(16)12-5-3-2-4-6-12/h2-10H,1H3,(H-,23,24,26,27). The molecule has 6 nitrogen and oxygen atoms in total. The monoisotopic (exact) mass is 443 g/mol. The van der Waals surface area contributed by atoms with Gasteiger partial charge in [0, 0.05) is 17.2 Å². The molecule has 0 saturated carbocycles.